The van der Waals surface area contributed by atoms with E-state index in [0.717, 1.165) is 30.5 Å². The molecule has 2 aromatic rings. The fourth-order valence-electron chi connectivity index (χ4n) is 4.93. The Morgan fingerprint density at radius 1 is 1.18 bits per heavy atom. The molecular formula is C27H35N3O4. The third-order valence-corrected chi connectivity index (χ3v) is 6.75. The van der Waals surface area contributed by atoms with Gasteiger partial charge in [-0.05, 0) is 55.2 Å². The summed E-state index contributed by atoms with van der Waals surface area (Å²) in [5.41, 5.74) is 1.99. The van der Waals surface area contributed by atoms with E-state index in [1.165, 1.54) is 6.07 Å². The van der Waals surface area contributed by atoms with Gasteiger partial charge < -0.3 is 9.64 Å². The number of hydrogen-bond acceptors (Lipinski definition) is 5. The van der Waals surface area contributed by atoms with Crippen molar-refractivity contribution in [2.24, 2.45) is 22.7 Å². The van der Waals surface area contributed by atoms with E-state index in [1.807, 2.05) is 31.2 Å². The lowest BCUT2D eigenvalue weighted by Gasteiger charge is -2.37. The monoisotopic (exact) mass is 465 g/mol. The topological polar surface area (TPSA) is 85.0 Å². The van der Waals surface area contributed by atoms with Gasteiger partial charge in [-0.3, -0.25) is 19.9 Å². The van der Waals surface area contributed by atoms with Gasteiger partial charge in [0.05, 0.1) is 10.5 Å². The average Bonchev–Trinajstić information content (AvgIpc) is 2.79. The van der Waals surface area contributed by atoms with Crippen molar-refractivity contribution in [1.82, 2.24) is 0 Å². The van der Waals surface area contributed by atoms with Gasteiger partial charge in [-0.2, -0.15) is 0 Å². The molecule has 0 N–H and O–H groups in total. The Kier molecular flexibility index (Phi) is 8.42. The number of esters is 1. The minimum absolute atomic E-state index is 0.0592. The molecule has 0 bridgehead atoms. The summed E-state index contributed by atoms with van der Waals surface area (Å²) in [6.45, 7) is 8.42. The van der Waals surface area contributed by atoms with Crippen molar-refractivity contribution in [2.75, 3.05) is 18.5 Å². The van der Waals surface area contributed by atoms with E-state index in [-0.39, 0.29) is 24.3 Å². The number of nitrogens with zero attached hydrogens (tertiary/aromatic N) is 3. The molecule has 1 aliphatic carbocycles. The SMILES string of the molecule is C/N=C(\c1ccccc1[N+](=O)[O-])N(CC(=O)O[C@@H]1C[C@H](C)CC[C@H]1C(C)C)c1ccccc1C. The van der Waals surface area contributed by atoms with Crippen LogP contribution in [-0.4, -0.2) is 36.4 Å². The molecule has 182 valence electrons. The molecule has 34 heavy (non-hydrogen) atoms. The van der Waals surface area contributed by atoms with Gasteiger partial charge in [0.2, 0.25) is 0 Å². The highest BCUT2D eigenvalue weighted by molar-refractivity contribution is 6.14. The number of nitro benzene ring substituents is 1. The molecule has 0 radical (unpaired) electrons. The lowest BCUT2D eigenvalue weighted by Crippen LogP contribution is -2.41. The van der Waals surface area contributed by atoms with Crippen LogP contribution in [0.3, 0.4) is 0 Å². The van der Waals surface area contributed by atoms with E-state index in [9.17, 15) is 14.9 Å². The van der Waals surface area contributed by atoms with Gasteiger partial charge in [-0.25, -0.2) is 0 Å². The van der Waals surface area contributed by atoms with Crippen molar-refractivity contribution in [1.29, 1.82) is 0 Å². The number of ether oxygens (including phenoxy) is 1. The van der Waals surface area contributed by atoms with E-state index in [2.05, 4.69) is 25.8 Å². The van der Waals surface area contributed by atoms with Crippen molar-refractivity contribution in [3.05, 3.63) is 69.8 Å². The normalized spacial score (nSPS) is 20.8. The Morgan fingerprint density at radius 3 is 2.50 bits per heavy atom. The van der Waals surface area contributed by atoms with Crippen LogP contribution in [0.2, 0.25) is 0 Å². The zero-order valence-electron chi connectivity index (χ0n) is 20.7. The first kappa shape index (κ1) is 25.4. The summed E-state index contributed by atoms with van der Waals surface area (Å²) in [7, 11) is 1.58. The number of rotatable bonds is 7. The quantitative estimate of drug-likeness (QED) is 0.170. The van der Waals surface area contributed by atoms with Gasteiger partial charge in [0, 0.05) is 18.8 Å². The molecule has 0 unspecified atom stereocenters. The van der Waals surface area contributed by atoms with E-state index >= 15 is 0 Å². The number of carbonyl (C=O) groups is 1. The van der Waals surface area contributed by atoms with Gasteiger partial charge in [0.15, 0.2) is 0 Å². The number of para-hydroxylation sites is 2. The fraction of sp³-hybridized carbons (Fsp3) is 0.481. The van der Waals surface area contributed by atoms with E-state index in [0.29, 0.717) is 29.2 Å². The number of aryl methyl sites for hydroxylation is 1. The molecule has 0 amide bonds. The molecule has 2 aromatic carbocycles. The largest absolute Gasteiger partial charge is 0.461 e. The molecule has 0 spiro atoms. The summed E-state index contributed by atoms with van der Waals surface area (Å²) in [5, 5.41) is 11.7. The maximum atomic E-state index is 13.3. The molecular weight excluding hydrogens is 430 g/mol. The third-order valence-electron chi connectivity index (χ3n) is 6.75. The third kappa shape index (κ3) is 5.82. The van der Waals surface area contributed by atoms with Crippen LogP contribution in [0.4, 0.5) is 11.4 Å². The lowest BCUT2D eigenvalue weighted by molar-refractivity contribution is -0.385. The molecule has 0 heterocycles. The second kappa shape index (κ2) is 11.3. The first-order valence-corrected chi connectivity index (χ1v) is 12.0. The van der Waals surface area contributed by atoms with Crippen LogP contribution in [0.15, 0.2) is 53.5 Å². The van der Waals surface area contributed by atoms with E-state index < -0.39 is 4.92 Å². The Morgan fingerprint density at radius 2 is 1.85 bits per heavy atom. The summed E-state index contributed by atoms with van der Waals surface area (Å²) in [4.78, 5) is 30.7. The summed E-state index contributed by atoms with van der Waals surface area (Å²) in [6, 6.07) is 14.1. The van der Waals surface area contributed by atoms with Gasteiger partial charge in [0.1, 0.15) is 18.5 Å². The Bertz CT molecular complexity index is 1050. The number of hydrogen-bond donors (Lipinski definition) is 0. The Labute approximate surface area is 202 Å². The lowest BCUT2D eigenvalue weighted by atomic mass is 9.75. The molecule has 1 fully saturated rings. The predicted octanol–water partition coefficient (Wildman–Crippen LogP) is 5.79. The molecule has 7 nitrogen and oxygen atoms in total. The standard InChI is InChI=1S/C27H35N3O4/c1-18(2)21-15-14-19(3)16-25(21)34-26(31)17-29(23-12-8-6-10-20(23)4)27(28-5)22-11-7-9-13-24(22)30(32)33/h6-13,18-19,21,25H,14-17H2,1-5H3/b28-27+/t19-,21+,25-/m1/s1. The van der Waals surface area contributed by atoms with Crippen molar-refractivity contribution in [3.63, 3.8) is 0 Å². The predicted molar refractivity (Wildman–Crippen MR) is 135 cm³/mol. The molecule has 1 aliphatic rings. The van der Waals surface area contributed by atoms with Crippen LogP contribution in [0.1, 0.15) is 51.2 Å². The van der Waals surface area contributed by atoms with Crippen molar-refractivity contribution in [2.45, 2.75) is 53.1 Å². The molecule has 1 saturated carbocycles. The van der Waals surface area contributed by atoms with Crippen molar-refractivity contribution in [3.8, 4) is 0 Å². The van der Waals surface area contributed by atoms with Crippen LogP contribution in [0, 0.1) is 34.8 Å². The number of carbonyl (C=O) groups excluding carboxylic acids is 1. The van der Waals surface area contributed by atoms with E-state index in [1.54, 1.807) is 30.1 Å². The molecule has 0 saturated heterocycles. The maximum absolute atomic E-state index is 13.3. The number of anilines is 1. The molecule has 0 aromatic heterocycles. The van der Waals surface area contributed by atoms with Crippen LogP contribution in [0.25, 0.3) is 0 Å². The maximum Gasteiger partial charge on any atom is 0.326 e. The van der Waals surface area contributed by atoms with Gasteiger partial charge in [-0.1, -0.05) is 57.5 Å². The second-order valence-electron chi connectivity index (χ2n) is 9.55. The highest BCUT2D eigenvalue weighted by atomic mass is 16.6. The molecule has 3 atom stereocenters. The highest BCUT2D eigenvalue weighted by Crippen LogP contribution is 2.35. The molecule has 0 aliphatic heterocycles. The van der Waals surface area contributed by atoms with Gasteiger partial charge >= 0.3 is 5.97 Å². The smallest absolute Gasteiger partial charge is 0.326 e. The van der Waals surface area contributed by atoms with E-state index in [4.69, 9.17) is 4.74 Å². The Hall–Kier alpha value is -3.22. The summed E-state index contributed by atoms with van der Waals surface area (Å²) >= 11 is 0. The zero-order valence-corrected chi connectivity index (χ0v) is 20.7. The first-order chi connectivity index (χ1) is 16.2. The van der Waals surface area contributed by atoms with Crippen molar-refractivity contribution < 1.29 is 14.5 Å². The number of amidine groups is 1. The minimum atomic E-state index is -0.425. The summed E-state index contributed by atoms with van der Waals surface area (Å²) in [5.74, 6) is 1.28. The Balaban J connectivity index is 1.95. The van der Waals surface area contributed by atoms with Crippen LogP contribution in [-0.2, 0) is 9.53 Å². The number of aliphatic imine (C=N–C) groups is 1. The molecule has 7 heteroatoms. The minimum Gasteiger partial charge on any atom is -0.461 e. The highest BCUT2D eigenvalue weighted by Gasteiger charge is 2.34. The summed E-state index contributed by atoms with van der Waals surface area (Å²) in [6.07, 6.45) is 2.94. The van der Waals surface area contributed by atoms with Gasteiger partial charge in [0.25, 0.3) is 5.69 Å². The number of nitro groups is 1. The summed E-state index contributed by atoms with van der Waals surface area (Å²) < 4.78 is 6.07. The average molecular weight is 466 g/mol. The van der Waals surface area contributed by atoms with Crippen LogP contribution in [0.5, 0.6) is 0 Å². The second-order valence-corrected chi connectivity index (χ2v) is 9.55. The molecule has 3 rings (SSSR count). The zero-order chi connectivity index (χ0) is 24.8. The van der Waals surface area contributed by atoms with Gasteiger partial charge in [-0.15, -0.1) is 0 Å². The fourth-order valence-corrected chi connectivity index (χ4v) is 4.93. The van der Waals surface area contributed by atoms with Crippen molar-refractivity contribution >= 4 is 23.2 Å². The first-order valence-electron chi connectivity index (χ1n) is 12.0. The van der Waals surface area contributed by atoms with Crippen LogP contribution >= 0.6 is 0 Å². The number of benzene rings is 2. The van der Waals surface area contributed by atoms with Crippen LogP contribution < -0.4 is 4.90 Å².